The van der Waals surface area contributed by atoms with E-state index in [0.717, 1.165) is 5.56 Å². The maximum atomic E-state index is 10.2. The van der Waals surface area contributed by atoms with Gasteiger partial charge < -0.3 is 19.0 Å². The molecule has 0 aliphatic heterocycles. The summed E-state index contributed by atoms with van der Waals surface area (Å²) in [6, 6.07) is 5.92. The van der Waals surface area contributed by atoms with Gasteiger partial charge in [0.15, 0.2) is 11.5 Å². The average molecular weight is 409 g/mol. The molecule has 0 saturated carbocycles. The number of methoxy groups -OCH3 is 2. The van der Waals surface area contributed by atoms with E-state index in [9.17, 15) is 5.11 Å². The molecule has 0 aromatic heterocycles. The fourth-order valence-corrected chi connectivity index (χ4v) is 10.2. The van der Waals surface area contributed by atoms with Crippen LogP contribution in [0, 0.1) is 5.92 Å². The maximum absolute atomic E-state index is 10.2. The monoisotopic (exact) mass is 408 g/mol. The van der Waals surface area contributed by atoms with Gasteiger partial charge >= 0.3 is 0 Å². The molecular weight excluding hydrogens is 368 g/mol. The molecular formula is C23H40O4Si. The highest BCUT2D eigenvalue weighted by molar-refractivity contribution is 6.77. The Hall–Kier alpha value is -1.30. The van der Waals surface area contributed by atoms with Crippen molar-refractivity contribution in [2.45, 2.75) is 70.7 Å². The van der Waals surface area contributed by atoms with Crippen molar-refractivity contribution in [1.29, 1.82) is 0 Å². The van der Waals surface area contributed by atoms with E-state index in [1.54, 1.807) is 14.2 Å². The number of hydrogen-bond acceptors (Lipinski definition) is 4. The number of rotatable bonds is 12. The molecule has 5 heteroatoms. The van der Waals surface area contributed by atoms with E-state index in [2.05, 4.69) is 48.1 Å². The van der Waals surface area contributed by atoms with Crippen LogP contribution in [0.3, 0.4) is 0 Å². The third kappa shape index (κ3) is 5.19. The second kappa shape index (κ2) is 11.0. The summed E-state index contributed by atoms with van der Waals surface area (Å²) in [7, 11) is 1.12. The SMILES string of the molecule is C=CC[C@@H](CO)[C@@H](O[Si](C(C)C)(C(C)C)C(C)C)c1ccc(OC)c(OC)c1. The van der Waals surface area contributed by atoms with Gasteiger partial charge in [-0.1, -0.05) is 53.7 Å². The summed E-state index contributed by atoms with van der Waals surface area (Å²) < 4.78 is 18.0. The molecule has 0 bridgehead atoms. The van der Waals surface area contributed by atoms with Crippen LogP contribution in [0.4, 0.5) is 0 Å². The molecule has 0 unspecified atom stereocenters. The predicted molar refractivity (Wildman–Crippen MR) is 120 cm³/mol. The summed E-state index contributed by atoms with van der Waals surface area (Å²) in [5.41, 5.74) is 2.38. The molecule has 28 heavy (non-hydrogen) atoms. The van der Waals surface area contributed by atoms with E-state index < -0.39 is 8.32 Å². The Morgan fingerprint density at radius 3 is 1.89 bits per heavy atom. The predicted octanol–water partition coefficient (Wildman–Crippen LogP) is 6.12. The van der Waals surface area contributed by atoms with Crippen molar-refractivity contribution < 1.29 is 19.0 Å². The summed E-state index contributed by atoms with van der Waals surface area (Å²) in [5.74, 6) is 1.31. The molecule has 1 aromatic carbocycles. The van der Waals surface area contributed by atoms with Crippen molar-refractivity contribution in [3.63, 3.8) is 0 Å². The standard InChI is InChI=1S/C23H40O4Si/c1-10-11-20(15-24)23(19-12-13-21(25-8)22(14-19)26-9)27-28(16(2)3,17(4)5)18(6)7/h10,12-14,16-18,20,23-24H,1,11,15H2,2-9H3/t20-,23-/m0/s1. The van der Waals surface area contributed by atoms with Gasteiger partial charge in [0.25, 0.3) is 0 Å². The summed E-state index contributed by atoms with van der Waals surface area (Å²) >= 11 is 0. The van der Waals surface area contributed by atoms with E-state index in [1.165, 1.54) is 0 Å². The van der Waals surface area contributed by atoms with Gasteiger partial charge in [0.1, 0.15) is 0 Å². The lowest BCUT2D eigenvalue weighted by Gasteiger charge is -2.46. The van der Waals surface area contributed by atoms with E-state index in [4.69, 9.17) is 13.9 Å². The van der Waals surface area contributed by atoms with Gasteiger partial charge in [-0.05, 0) is 40.7 Å². The maximum Gasteiger partial charge on any atom is 0.201 e. The van der Waals surface area contributed by atoms with E-state index in [0.29, 0.717) is 34.5 Å². The van der Waals surface area contributed by atoms with Crippen LogP contribution in [0.1, 0.15) is 59.6 Å². The summed E-state index contributed by atoms with van der Waals surface area (Å²) in [4.78, 5) is 0. The highest BCUT2D eigenvalue weighted by atomic mass is 28.4. The number of aliphatic hydroxyl groups is 1. The van der Waals surface area contributed by atoms with Crippen molar-refractivity contribution in [3.05, 3.63) is 36.4 Å². The summed E-state index contributed by atoms with van der Waals surface area (Å²) in [6.45, 7) is 17.6. The molecule has 1 aromatic rings. The van der Waals surface area contributed by atoms with Crippen LogP contribution in [0.2, 0.25) is 16.6 Å². The molecule has 4 nitrogen and oxygen atoms in total. The number of aliphatic hydroxyl groups excluding tert-OH is 1. The zero-order chi connectivity index (χ0) is 21.5. The van der Waals surface area contributed by atoms with Crippen LogP contribution in [0.5, 0.6) is 11.5 Å². The van der Waals surface area contributed by atoms with Gasteiger partial charge in [0, 0.05) is 12.5 Å². The van der Waals surface area contributed by atoms with Crippen LogP contribution in [-0.2, 0) is 4.43 Å². The molecule has 0 aliphatic carbocycles. The van der Waals surface area contributed by atoms with Crippen molar-refractivity contribution in [3.8, 4) is 11.5 Å². The minimum Gasteiger partial charge on any atom is -0.493 e. The van der Waals surface area contributed by atoms with Crippen LogP contribution in [0.15, 0.2) is 30.9 Å². The molecule has 0 aliphatic rings. The second-order valence-corrected chi connectivity index (χ2v) is 13.8. The molecule has 0 fully saturated rings. The Bertz CT molecular complexity index is 591. The zero-order valence-electron chi connectivity index (χ0n) is 19.0. The van der Waals surface area contributed by atoms with Gasteiger partial charge in [0.2, 0.25) is 8.32 Å². The van der Waals surface area contributed by atoms with Gasteiger partial charge in [-0.15, -0.1) is 6.58 Å². The molecule has 0 spiro atoms. The minimum absolute atomic E-state index is 0.0454. The first-order valence-corrected chi connectivity index (χ1v) is 12.4. The zero-order valence-corrected chi connectivity index (χ0v) is 20.0. The van der Waals surface area contributed by atoms with Gasteiger partial charge in [0.05, 0.1) is 20.3 Å². The highest BCUT2D eigenvalue weighted by Crippen LogP contribution is 2.47. The number of benzene rings is 1. The molecule has 0 saturated heterocycles. The first-order valence-electron chi connectivity index (χ1n) is 10.3. The molecule has 160 valence electrons. The number of ether oxygens (including phenoxy) is 2. The molecule has 1 rings (SSSR count). The van der Waals surface area contributed by atoms with Gasteiger partial charge in [-0.3, -0.25) is 0 Å². The topological polar surface area (TPSA) is 47.9 Å². The Morgan fingerprint density at radius 1 is 0.964 bits per heavy atom. The van der Waals surface area contributed by atoms with Crippen LogP contribution < -0.4 is 9.47 Å². The normalized spacial score (nSPS) is 14.4. The van der Waals surface area contributed by atoms with E-state index in [-0.39, 0.29) is 18.6 Å². The average Bonchev–Trinajstić information content (AvgIpc) is 2.66. The Kier molecular flexibility index (Phi) is 9.74. The fourth-order valence-electron chi connectivity index (χ4n) is 4.60. The second-order valence-electron chi connectivity index (χ2n) is 8.44. The third-order valence-electron chi connectivity index (χ3n) is 5.91. The van der Waals surface area contributed by atoms with Gasteiger partial charge in [-0.25, -0.2) is 0 Å². The molecule has 2 atom stereocenters. The summed E-state index contributed by atoms with van der Waals surface area (Å²) in [6.07, 6.45) is 2.33. The van der Waals surface area contributed by atoms with Crippen molar-refractivity contribution >= 4 is 8.32 Å². The van der Waals surface area contributed by atoms with Gasteiger partial charge in [-0.2, -0.15) is 0 Å². The van der Waals surface area contributed by atoms with Crippen molar-refractivity contribution in [1.82, 2.24) is 0 Å². The van der Waals surface area contributed by atoms with Crippen molar-refractivity contribution in [2.75, 3.05) is 20.8 Å². The fraction of sp³-hybridized carbons (Fsp3) is 0.652. The lowest BCUT2D eigenvalue weighted by molar-refractivity contribution is 0.0725. The van der Waals surface area contributed by atoms with E-state index in [1.807, 2.05) is 24.3 Å². The first-order chi connectivity index (χ1) is 13.2. The smallest absolute Gasteiger partial charge is 0.201 e. The number of hydrogen-bond donors (Lipinski definition) is 1. The molecule has 0 heterocycles. The Balaban J connectivity index is 3.54. The molecule has 0 radical (unpaired) electrons. The van der Waals surface area contributed by atoms with Crippen molar-refractivity contribution in [2.24, 2.45) is 5.92 Å². The molecule has 0 amide bonds. The highest BCUT2D eigenvalue weighted by Gasteiger charge is 2.47. The largest absolute Gasteiger partial charge is 0.493 e. The first kappa shape index (κ1) is 24.7. The lowest BCUT2D eigenvalue weighted by atomic mass is 9.93. The van der Waals surface area contributed by atoms with Crippen LogP contribution in [-0.4, -0.2) is 34.3 Å². The summed E-state index contributed by atoms with van der Waals surface area (Å²) in [5, 5.41) is 10.2. The molecule has 1 N–H and O–H groups in total. The van der Waals surface area contributed by atoms with Crippen LogP contribution in [0.25, 0.3) is 0 Å². The Morgan fingerprint density at radius 2 is 1.50 bits per heavy atom. The minimum atomic E-state index is -2.15. The third-order valence-corrected chi connectivity index (χ3v) is 12.0. The Labute approximate surface area is 173 Å². The van der Waals surface area contributed by atoms with Crippen LogP contribution >= 0.6 is 0 Å². The lowest BCUT2D eigenvalue weighted by Crippen LogP contribution is -2.49. The van der Waals surface area contributed by atoms with E-state index >= 15 is 0 Å². The number of allylic oxidation sites excluding steroid dienone is 1. The quantitative estimate of drug-likeness (QED) is 0.334.